The van der Waals surface area contributed by atoms with Crippen molar-refractivity contribution >= 4 is 0 Å². The van der Waals surface area contributed by atoms with E-state index in [0.717, 1.165) is 12.1 Å². The van der Waals surface area contributed by atoms with Gasteiger partial charge in [0.05, 0.1) is 0 Å². The Morgan fingerprint density at radius 1 is 1.11 bits per heavy atom. The Balaban J connectivity index is 1.96. The minimum Gasteiger partial charge on any atom is -0.306 e. The minimum atomic E-state index is -0.189. The van der Waals surface area contributed by atoms with Crippen molar-refractivity contribution in [2.75, 3.05) is 0 Å². The molecule has 0 amide bonds. The van der Waals surface area contributed by atoms with Crippen molar-refractivity contribution in [2.45, 2.75) is 26.4 Å². The smallest absolute Gasteiger partial charge is 0.123 e. The van der Waals surface area contributed by atoms with Crippen LogP contribution in [0.3, 0.4) is 0 Å². The van der Waals surface area contributed by atoms with E-state index in [4.69, 9.17) is 0 Å². The highest BCUT2D eigenvalue weighted by molar-refractivity contribution is 5.25. The molecule has 1 N–H and O–H groups in total. The number of halogens is 1. The van der Waals surface area contributed by atoms with E-state index in [0.29, 0.717) is 0 Å². The zero-order valence-corrected chi connectivity index (χ0v) is 10.8. The topological polar surface area (TPSA) is 12.0 Å². The van der Waals surface area contributed by atoms with Gasteiger partial charge in [-0.05, 0) is 37.1 Å². The highest BCUT2D eigenvalue weighted by Gasteiger charge is 2.04. The van der Waals surface area contributed by atoms with Crippen LogP contribution in [-0.2, 0) is 6.54 Å². The summed E-state index contributed by atoms with van der Waals surface area (Å²) in [6, 6.07) is 15.4. The molecular weight excluding hydrogens is 225 g/mol. The molecule has 0 saturated carbocycles. The Kier molecular flexibility index (Phi) is 4.11. The molecule has 18 heavy (non-hydrogen) atoms. The quantitative estimate of drug-likeness (QED) is 0.856. The highest BCUT2D eigenvalue weighted by Crippen LogP contribution is 2.14. The molecule has 0 spiro atoms. The molecule has 1 nitrogen and oxygen atoms in total. The Bertz CT molecular complexity index is 505. The maximum Gasteiger partial charge on any atom is 0.123 e. The number of hydrogen-bond donors (Lipinski definition) is 1. The molecule has 0 radical (unpaired) electrons. The first kappa shape index (κ1) is 12.8. The molecule has 0 unspecified atom stereocenters. The van der Waals surface area contributed by atoms with E-state index in [1.54, 1.807) is 0 Å². The molecule has 2 heteroatoms. The van der Waals surface area contributed by atoms with Crippen LogP contribution in [0.5, 0.6) is 0 Å². The van der Waals surface area contributed by atoms with Crippen LogP contribution in [-0.4, -0.2) is 0 Å². The van der Waals surface area contributed by atoms with Crippen molar-refractivity contribution in [3.8, 4) is 0 Å². The molecular formula is C16H18FN. The monoisotopic (exact) mass is 243 g/mol. The number of hydrogen-bond acceptors (Lipinski definition) is 1. The fourth-order valence-electron chi connectivity index (χ4n) is 1.93. The van der Waals surface area contributed by atoms with Crippen LogP contribution < -0.4 is 5.32 Å². The van der Waals surface area contributed by atoms with Gasteiger partial charge in [0.1, 0.15) is 5.82 Å². The van der Waals surface area contributed by atoms with Gasteiger partial charge in [0.15, 0.2) is 0 Å². The van der Waals surface area contributed by atoms with Crippen LogP contribution >= 0.6 is 0 Å². The standard InChI is InChI=1S/C16H18FN/c1-12-4-3-5-15(10-12)13(2)18-11-14-6-8-16(17)9-7-14/h3-10,13,18H,11H2,1-2H3/t13-/m0/s1. The van der Waals surface area contributed by atoms with Crippen LogP contribution in [0.1, 0.15) is 29.7 Å². The van der Waals surface area contributed by atoms with Crippen molar-refractivity contribution in [1.29, 1.82) is 0 Å². The summed E-state index contributed by atoms with van der Waals surface area (Å²) < 4.78 is 12.8. The van der Waals surface area contributed by atoms with Crippen molar-refractivity contribution < 1.29 is 4.39 Å². The molecule has 0 bridgehead atoms. The van der Waals surface area contributed by atoms with Crippen molar-refractivity contribution in [1.82, 2.24) is 5.32 Å². The third kappa shape index (κ3) is 3.41. The van der Waals surface area contributed by atoms with Gasteiger partial charge >= 0.3 is 0 Å². The zero-order chi connectivity index (χ0) is 13.0. The lowest BCUT2D eigenvalue weighted by molar-refractivity contribution is 0.572. The second-order valence-corrected chi connectivity index (χ2v) is 4.64. The molecule has 0 aliphatic carbocycles. The van der Waals surface area contributed by atoms with Crippen LogP contribution in [0.2, 0.25) is 0 Å². The molecule has 2 aromatic rings. The first-order valence-electron chi connectivity index (χ1n) is 6.19. The van der Waals surface area contributed by atoms with Gasteiger partial charge in [0, 0.05) is 12.6 Å². The normalized spacial score (nSPS) is 12.4. The van der Waals surface area contributed by atoms with Gasteiger partial charge in [-0.25, -0.2) is 4.39 Å². The molecule has 1 atom stereocenters. The number of benzene rings is 2. The molecule has 0 fully saturated rings. The SMILES string of the molecule is Cc1cccc([C@H](C)NCc2ccc(F)cc2)c1. The van der Waals surface area contributed by atoms with Gasteiger partial charge in [-0.3, -0.25) is 0 Å². The number of rotatable bonds is 4. The molecule has 0 aliphatic rings. The van der Waals surface area contributed by atoms with Crippen LogP contribution in [0.25, 0.3) is 0 Å². The fraction of sp³-hybridized carbons (Fsp3) is 0.250. The lowest BCUT2D eigenvalue weighted by Gasteiger charge is -2.15. The number of nitrogens with one attached hydrogen (secondary N) is 1. The van der Waals surface area contributed by atoms with Crippen LogP contribution in [0, 0.1) is 12.7 Å². The molecule has 2 aromatic carbocycles. The Labute approximate surface area is 108 Å². The molecule has 94 valence electrons. The lowest BCUT2D eigenvalue weighted by atomic mass is 10.1. The molecule has 2 rings (SSSR count). The van der Waals surface area contributed by atoms with E-state index in [9.17, 15) is 4.39 Å². The van der Waals surface area contributed by atoms with Gasteiger partial charge < -0.3 is 5.32 Å². The predicted molar refractivity (Wildman–Crippen MR) is 72.8 cm³/mol. The Hall–Kier alpha value is -1.67. The lowest BCUT2D eigenvalue weighted by Crippen LogP contribution is -2.18. The summed E-state index contributed by atoms with van der Waals surface area (Å²) in [7, 11) is 0. The highest BCUT2D eigenvalue weighted by atomic mass is 19.1. The van der Waals surface area contributed by atoms with Crippen molar-refractivity contribution in [2.24, 2.45) is 0 Å². The summed E-state index contributed by atoms with van der Waals surface area (Å²) in [6.07, 6.45) is 0. The molecule has 0 heterocycles. The minimum absolute atomic E-state index is 0.189. The van der Waals surface area contributed by atoms with E-state index in [-0.39, 0.29) is 11.9 Å². The average molecular weight is 243 g/mol. The third-order valence-electron chi connectivity index (χ3n) is 3.07. The van der Waals surface area contributed by atoms with Crippen molar-refractivity contribution in [3.05, 3.63) is 71.0 Å². The van der Waals surface area contributed by atoms with Gasteiger partial charge in [-0.2, -0.15) is 0 Å². The predicted octanol–water partition coefficient (Wildman–Crippen LogP) is 3.98. The van der Waals surface area contributed by atoms with Crippen molar-refractivity contribution in [3.63, 3.8) is 0 Å². The van der Waals surface area contributed by atoms with E-state index < -0.39 is 0 Å². The summed E-state index contributed by atoms with van der Waals surface area (Å²) in [5.74, 6) is -0.189. The summed E-state index contributed by atoms with van der Waals surface area (Å²) in [4.78, 5) is 0. The third-order valence-corrected chi connectivity index (χ3v) is 3.07. The summed E-state index contributed by atoms with van der Waals surface area (Å²) in [6.45, 7) is 4.98. The van der Waals surface area contributed by atoms with Gasteiger partial charge in [-0.15, -0.1) is 0 Å². The first-order valence-corrected chi connectivity index (χ1v) is 6.19. The van der Waals surface area contributed by atoms with E-state index >= 15 is 0 Å². The van der Waals surface area contributed by atoms with Gasteiger partial charge in [-0.1, -0.05) is 42.0 Å². The summed E-state index contributed by atoms with van der Waals surface area (Å²) in [5, 5.41) is 3.44. The summed E-state index contributed by atoms with van der Waals surface area (Å²) >= 11 is 0. The van der Waals surface area contributed by atoms with E-state index in [2.05, 4.69) is 43.4 Å². The van der Waals surface area contributed by atoms with Gasteiger partial charge in [0.25, 0.3) is 0 Å². The maximum absolute atomic E-state index is 12.8. The Morgan fingerprint density at radius 2 is 1.83 bits per heavy atom. The average Bonchev–Trinajstić information content (AvgIpc) is 2.38. The van der Waals surface area contributed by atoms with E-state index in [1.165, 1.54) is 23.3 Å². The van der Waals surface area contributed by atoms with Crippen LogP contribution in [0.15, 0.2) is 48.5 Å². The molecule has 0 saturated heterocycles. The molecule has 0 aromatic heterocycles. The zero-order valence-electron chi connectivity index (χ0n) is 10.8. The fourth-order valence-corrected chi connectivity index (χ4v) is 1.93. The second kappa shape index (κ2) is 5.78. The first-order chi connectivity index (χ1) is 8.65. The number of aryl methyl sites for hydroxylation is 1. The summed E-state index contributed by atoms with van der Waals surface area (Å²) in [5.41, 5.74) is 3.64. The maximum atomic E-state index is 12.8. The Morgan fingerprint density at radius 3 is 2.50 bits per heavy atom. The molecule has 0 aliphatic heterocycles. The van der Waals surface area contributed by atoms with Gasteiger partial charge in [0.2, 0.25) is 0 Å². The van der Waals surface area contributed by atoms with E-state index in [1.807, 2.05) is 12.1 Å². The second-order valence-electron chi connectivity index (χ2n) is 4.64. The van der Waals surface area contributed by atoms with Crippen LogP contribution in [0.4, 0.5) is 4.39 Å². The largest absolute Gasteiger partial charge is 0.306 e.